The second kappa shape index (κ2) is 21.6. The molecule has 0 amide bonds. The molecule has 0 aliphatic heterocycles. The Morgan fingerprint density at radius 1 is 0.475 bits per heavy atom. The molecule has 2 N–H and O–H groups in total. The van der Waals surface area contributed by atoms with Crippen LogP contribution >= 0.6 is 0 Å². The molecule has 0 bridgehead atoms. The average Bonchev–Trinajstić information content (AvgIpc) is 2.93. The van der Waals surface area contributed by atoms with E-state index in [1.807, 2.05) is 0 Å². The fourth-order valence-corrected chi connectivity index (χ4v) is 8.73. The monoisotopic (exact) mass is 562 g/mol. The summed E-state index contributed by atoms with van der Waals surface area (Å²) in [5, 5.41) is 17.8. The number of aliphatic carboxylic acids is 2. The van der Waals surface area contributed by atoms with Crippen molar-refractivity contribution in [3.63, 3.8) is 0 Å². The molecule has 40 heavy (non-hydrogen) atoms. The first-order valence-electron chi connectivity index (χ1n) is 17.9. The Morgan fingerprint density at radius 2 is 0.825 bits per heavy atom. The summed E-state index contributed by atoms with van der Waals surface area (Å²) in [5.74, 6) is 4.32. The van der Waals surface area contributed by atoms with Crippen molar-refractivity contribution in [2.24, 2.45) is 35.5 Å². The lowest BCUT2D eigenvalue weighted by Gasteiger charge is -2.52. The summed E-state index contributed by atoms with van der Waals surface area (Å²) in [6.07, 6.45) is 31.9. The molecule has 0 radical (unpaired) electrons. The van der Waals surface area contributed by atoms with Gasteiger partial charge in [-0.2, -0.15) is 0 Å². The van der Waals surface area contributed by atoms with Crippen LogP contribution in [-0.4, -0.2) is 22.2 Å². The van der Waals surface area contributed by atoms with E-state index in [0.717, 1.165) is 61.2 Å². The largest absolute Gasteiger partial charge is 0.481 e. The highest BCUT2D eigenvalue weighted by Gasteiger charge is 2.46. The van der Waals surface area contributed by atoms with Gasteiger partial charge in [0.15, 0.2) is 0 Å². The van der Waals surface area contributed by atoms with Gasteiger partial charge in [0.05, 0.1) is 0 Å². The van der Waals surface area contributed by atoms with Crippen LogP contribution in [0.2, 0.25) is 0 Å². The second-order valence-corrected chi connectivity index (χ2v) is 13.7. The van der Waals surface area contributed by atoms with Crippen molar-refractivity contribution in [3.8, 4) is 0 Å². The molecule has 234 valence electrons. The topological polar surface area (TPSA) is 74.6 Å². The zero-order valence-corrected chi connectivity index (χ0v) is 26.6. The van der Waals surface area contributed by atoms with Gasteiger partial charge in [0, 0.05) is 12.8 Å². The van der Waals surface area contributed by atoms with Gasteiger partial charge in [-0.15, -0.1) is 0 Å². The summed E-state index contributed by atoms with van der Waals surface area (Å²) < 4.78 is 0. The summed E-state index contributed by atoms with van der Waals surface area (Å²) in [5.41, 5.74) is 0. The van der Waals surface area contributed by atoms with Crippen LogP contribution in [-0.2, 0) is 9.59 Å². The van der Waals surface area contributed by atoms with E-state index in [1.165, 1.54) is 128 Å². The van der Waals surface area contributed by atoms with E-state index in [4.69, 9.17) is 10.2 Å². The predicted molar refractivity (Wildman–Crippen MR) is 168 cm³/mol. The molecule has 6 unspecified atom stereocenters. The zero-order valence-electron chi connectivity index (χ0n) is 26.6. The fraction of sp³-hybridized carbons (Fsp3) is 0.944. The Morgan fingerprint density at radius 3 is 1.25 bits per heavy atom. The number of rotatable bonds is 24. The van der Waals surface area contributed by atoms with E-state index < -0.39 is 11.9 Å². The molecule has 2 fully saturated rings. The molecule has 0 aromatic carbocycles. The molecule has 0 aromatic rings. The van der Waals surface area contributed by atoms with Crippen molar-refractivity contribution in [1.82, 2.24) is 0 Å². The quantitative estimate of drug-likeness (QED) is 0.115. The standard InChI is InChI=1S/C36H66O4/c1-3-5-13-19-29-25-27-34-32(22-16-10-8-12-18-24-36(39)40)30(20-15-9-7-11-17-23-35(37)38)26-28-33(34)31(29)21-14-6-4-2/h29-34H,3-28H2,1-2H3,(H,37,38)(H,39,40). The Bertz CT molecular complexity index is 661. The Kier molecular flexibility index (Phi) is 19.0. The molecule has 2 saturated carbocycles. The van der Waals surface area contributed by atoms with Crippen LogP contribution in [0.15, 0.2) is 0 Å². The van der Waals surface area contributed by atoms with Crippen LogP contribution in [0.4, 0.5) is 0 Å². The van der Waals surface area contributed by atoms with Gasteiger partial charge >= 0.3 is 11.9 Å². The summed E-state index contributed by atoms with van der Waals surface area (Å²) in [6.45, 7) is 4.68. The van der Waals surface area contributed by atoms with Crippen LogP contribution in [0.5, 0.6) is 0 Å². The molecule has 2 aliphatic rings. The zero-order chi connectivity index (χ0) is 29.0. The minimum Gasteiger partial charge on any atom is -0.481 e. The first-order valence-corrected chi connectivity index (χ1v) is 17.9. The number of fused-ring (bicyclic) bond motifs is 1. The third-order valence-electron chi connectivity index (χ3n) is 10.8. The van der Waals surface area contributed by atoms with E-state index in [0.29, 0.717) is 12.8 Å². The van der Waals surface area contributed by atoms with Gasteiger partial charge in [0.2, 0.25) is 0 Å². The lowest BCUT2D eigenvalue weighted by atomic mass is 9.53. The van der Waals surface area contributed by atoms with Crippen molar-refractivity contribution in [1.29, 1.82) is 0 Å². The molecule has 0 heterocycles. The van der Waals surface area contributed by atoms with E-state index in [1.54, 1.807) is 0 Å². The summed E-state index contributed by atoms with van der Waals surface area (Å²) >= 11 is 0. The van der Waals surface area contributed by atoms with Crippen LogP contribution in [0.3, 0.4) is 0 Å². The highest BCUT2D eigenvalue weighted by Crippen LogP contribution is 2.55. The molecule has 4 nitrogen and oxygen atoms in total. The average molecular weight is 563 g/mol. The molecule has 0 aromatic heterocycles. The van der Waals surface area contributed by atoms with Gasteiger partial charge < -0.3 is 10.2 Å². The maximum atomic E-state index is 10.8. The predicted octanol–water partition coefficient (Wildman–Crippen LogP) is 11.1. The van der Waals surface area contributed by atoms with Gasteiger partial charge in [-0.3, -0.25) is 9.59 Å². The van der Waals surface area contributed by atoms with Crippen LogP contribution in [0, 0.1) is 35.5 Å². The van der Waals surface area contributed by atoms with Crippen molar-refractivity contribution in [2.45, 2.75) is 181 Å². The van der Waals surface area contributed by atoms with Crippen molar-refractivity contribution >= 4 is 11.9 Å². The fourth-order valence-electron chi connectivity index (χ4n) is 8.73. The van der Waals surface area contributed by atoms with Gasteiger partial charge in [-0.25, -0.2) is 0 Å². The van der Waals surface area contributed by atoms with Gasteiger partial charge in [-0.1, -0.05) is 117 Å². The number of carboxylic acids is 2. The molecular formula is C36H66O4. The van der Waals surface area contributed by atoms with Gasteiger partial charge in [0.1, 0.15) is 0 Å². The Hall–Kier alpha value is -1.06. The summed E-state index contributed by atoms with van der Waals surface area (Å²) in [4.78, 5) is 21.6. The number of hydrogen-bond acceptors (Lipinski definition) is 2. The maximum Gasteiger partial charge on any atom is 0.303 e. The minimum absolute atomic E-state index is 0.322. The number of hydrogen-bond donors (Lipinski definition) is 2. The van der Waals surface area contributed by atoms with E-state index in [2.05, 4.69) is 13.8 Å². The highest BCUT2D eigenvalue weighted by atomic mass is 16.4. The van der Waals surface area contributed by atoms with Crippen molar-refractivity contribution in [2.75, 3.05) is 0 Å². The molecule has 2 aliphatic carbocycles. The van der Waals surface area contributed by atoms with Gasteiger partial charge in [-0.05, 0) is 86.9 Å². The highest BCUT2D eigenvalue weighted by molar-refractivity contribution is 5.66. The molecule has 2 rings (SSSR count). The smallest absolute Gasteiger partial charge is 0.303 e. The second-order valence-electron chi connectivity index (χ2n) is 13.7. The Balaban J connectivity index is 1.96. The van der Waals surface area contributed by atoms with E-state index in [-0.39, 0.29) is 0 Å². The normalized spacial score (nSPS) is 26.4. The van der Waals surface area contributed by atoms with Crippen LogP contribution < -0.4 is 0 Å². The third-order valence-corrected chi connectivity index (χ3v) is 10.8. The van der Waals surface area contributed by atoms with Crippen molar-refractivity contribution < 1.29 is 19.8 Å². The maximum absolute atomic E-state index is 10.8. The molecule has 6 atom stereocenters. The van der Waals surface area contributed by atoms with Gasteiger partial charge in [0.25, 0.3) is 0 Å². The lowest BCUT2D eigenvalue weighted by Crippen LogP contribution is -2.44. The molecule has 0 spiro atoms. The molecule has 0 saturated heterocycles. The number of carbonyl (C=O) groups is 2. The molecule has 4 heteroatoms. The minimum atomic E-state index is -0.658. The molecular weight excluding hydrogens is 496 g/mol. The lowest BCUT2D eigenvalue weighted by molar-refractivity contribution is -0.138. The summed E-state index contributed by atoms with van der Waals surface area (Å²) in [7, 11) is 0. The number of unbranched alkanes of at least 4 members (excludes halogenated alkanes) is 12. The van der Waals surface area contributed by atoms with Crippen LogP contribution in [0.1, 0.15) is 181 Å². The summed E-state index contributed by atoms with van der Waals surface area (Å²) in [6, 6.07) is 0. The number of carboxylic acid groups (broad SMARTS) is 2. The SMILES string of the molecule is CCCCCC1CCC2C(CCCCCCCC(=O)O)C(CCCCCCCC(=O)O)CCC2C1CCCCC. The Labute approximate surface area is 247 Å². The third kappa shape index (κ3) is 13.7. The first kappa shape index (κ1) is 35.1. The first-order chi connectivity index (χ1) is 19.5. The van der Waals surface area contributed by atoms with E-state index >= 15 is 0 Å². The van der Waals surface area contributed by atoms with Crippen LogP contribution in [0.25, 0.3) is 0 Å². The van der Waals surface area contributed by atoms with Crippen molar-refractivity contribution in [3.05, 3.63) is 0 Å². The van der Waals surface area contributed by atoms with E-state index in [9.17, 15) is 9.59 Å².